The molecule has 0 N–H and O–H groups in total. The lowest BCUT2D eigenvalue weighted by Crippen LogP contribution is -2.20. The molecule has 0 aromatic carbocycles. The quantitative estimate of drug-likeness (QED) is 0.628. The zero-order chi connectivity index (χ0) is 7.97. The molecular weight excluding hydrogens is 184 g/mol. The maximum absolute atomic E-state index is 2.19. The van der Waals surface area contributed by atoms with E-state index in [9.17, 15) is 0 Å². The highest BCUT2D eigenvalue weighted by Gasteiger charge is 2.39. The van der Waals surface area contributed by atoms with Crippen LogP contribution in [0.4, 0.5) is 0 Å². The highest BCUT2D eigenvalue weighted by molar-refractivity contribution is 8.07. The number of thioether (sulfide) groups is 2. The molecule has 2 heteroatoms. The Morgan fingerprint density at radius 1 is 0.667 bits per heavy atom. The third-order valence-corrected chi connectivity index (χ3v) is 5.79. The van der Waals surface area contributed by atoms with Gasteiger partial charge < -0.3 is 0 Å². The van der Waals surface area contributed by atoms with Crippen LogP contribution in [0.2, 0.25) is 0 Å². The zero-order valence-electron chi connectivity index (χ0n) is 7.37. The van der Waals surface area contributed by atoms with Gasteiger partial charge in [-0.2, -0.15) is 23.5 Å². The first-order valence-corrected chi connectivity index (χ1v) is 7.26. The van der Waals surface area contributed by atoms with E-state index in [0.29, 0.717) is 0 Å². The van der Waals surface area contributed by atoms with Gasteiger partial charge in [0.1, 0.15) is 0 Å². The molecule has 2 atom stereocenters. The Hall–Kier alpha value is 0.700. The first-order chi connectivity index (χ1) is 5.93. The van der Waals surface area contributed by atoms with Crippen LogP contribution in [-0.4, -0.2) is 22.0 Å². The lowest BCUT2D eigenvalue weighted by atomic mass is 9.80. The molecule has 2 saturated heterocycles. The van der Waals surface area contributed by atoms with Gasteiger partial charge in [-0.1, -0.05) is 0 Å². The van der Waals surface area contributed by atoms with E-state index in [1.807, 2.05) is 0 Å². The van der Waals surface area contributed by atoms with Crippen LogP contribution in [0, 0.1) is 11.8 Å². The highest BCUT2D eigenvalue weighted by atomic mass is 32.2. The molecule has 12 heavy (non-hydrogen) atoms. The summed E-state index contributed by atoms with van der Waals surface area (Å²) in [7, 11) is 0. The summed E-state index contributed by atoms with van der Waals surface area (Å²) >= 11 is 4.39. The van der Waals surface area contributed by atoms with Crippen LogP contribution < -0.4 is 0 Å². The lowest BCUT2D eigenvalue weighted by Gasteiger charge is -2.27. The van der Waals surface area contributed by atoms with Crippen LogP contribution in [0.25, 0.3) is 0 Å². The SMILES string of the molecule is C1CC(C2CS2)CCC1C1CS1. The molecule has 2 heterocycles. The highest BCUT2D eigenvalue weighted by Crippen LogP contribution is 2.49. The first-order valence-electron chi connectivity index (χ1n) is 5.16. The van der Waals surface area contributed by atoms with Crippen molar-refractivity contribution in [3.8, 4) is 0 Å². The van der Waals surface area contributed by atoms with E-state index in [4.69, 9.17) is 0 Å². The van der Waals surface area contributed by atoms with Crippen LogP contribution in [0.3, 0.4) is 0 Å². The minimum Gasteiger partial charge on any atom is -0.156 e. The molecule has 3 aliphatic rings. The summed E-state index contributed by atoms with van der Waals surface area (Å²) in [5.74, 6) is 5.20. The van der Waals surface area contributed by atoms with Crippen LogP contribution in [0.1, 0.15) is 25.7 Å². The molecule has 0 nitrogen and oxygen atoms in total. The van der Waals surface area contributed by atoms with Crippen molar-refractivity contribution < 1.29 is 0 Å². The molecule has 3 fully saturated rings. The van der Waals surface area contributed by atoms with E-state index in [1.165, 1.54) is 11.5 Å². The predicted molar refractivity (Wildman–Crippen MR) is 57.9 cm³/mol. The molecule has 2 aliphatic heterocycles. The van der Waals surface area contributed by atoms with Gasteiger partial charge in [0, 0.05) is 22.0 Å². The Labute approximate surface area is 83.3 Å². The summed E-state index contributed by atoms with van der Waals surface area (Å²) in [4.78, 5) is 0. The topological polar surface area (TPSA) is 0 Å². The van der Waals surface area contributed by atoms with E-state index >= 15 is 0 Å². The van der Waals surface area contributed by atoms with E-state index in [2.05, 4.69) is 23.5 Å². The molecule has 1 aliphatic carbocycles. The van der Waals surface area contributed by atoms with Crippen LogP contribution in [0.15, 0.2) is 0 Å². The van der Waals surface area contributed by atoms with E-state index in [0.717, 1.165) is 22.3 Å². The summed E-state index contributed by atoms with van der Waals surface area (Å²) in [5, 5.41) is 2.19. The second kappa shape index (κ2) is 3.13. The van der Waals surface area contributed by atoms with Gasteiger partial charge in [-0.3, -0.25) is 0 Å². The molecule has 0 amide bonds. The number of hydrogen-bond donors (Lipinski definition) is 0. The second-order valence-corrected chi connectivity index (χ2v) is 6.96. The summed E-state index contributed by atoms with van der Waals surface area (Å²) in [5.41, 5.74) is 0. The van der Waals surface area contributed by atoms with Gasteiger partial charge in [0.25, 0.3) is 0 Å². The fraction of sp³-hybridized carbons (Fsp3) is 1.00. The summed E-state index contributed by atoms with van der Waals surface area (Å²) in [6, 6.07) is 0. The minimum absolute atomic E-state index is 1.10. The van der Waals surface area contributed by atoms with Crippen molar-refractivity contribution in [2.75, 3.05) is 11.5 Å². The van der Waals surface area contributed by atoms with E-state index in [-0.39, 0.29) is 0 Å². The Bertz CT molecular complexity index is 145. The molecule has 0 aromatic rings. The fourth-order valence-corrected chi connectivity index (χ4v) is 4.40. The lowest BCUT2D eigenvalue weighted by molar-refractivity contribution is 0.287. The third kappa shape index (κ3) is 1.65. The Kier molecular flexibility index (Phi) is 2.10. The molecule has 0 bridgehead atoms. The standard InChI is InChI=1S/C10H16S2/c1-2-8(10-6-12-10)4-3-7(1)9-5-11-9/h7-10H,1-6H2. The smallest absolute Gasteiger partial charge is 0.0166 e. The van der Waals surface area contributed by atoms with Gasteiger partial charge >= 0.3 is 0 Å². The van der Waals surface area contributed by atoms with Gasteiger partial charge in [-0.15, -0.1) is 0 Å². The molecule has 3 rings (SSSR count). The average molecular weight is 200 g/mol. The Morgan fingerprint density at radius 3 is 1.25 bits per heavy atom. The number of hydrogen-bond acceptors (Lipinski definition) is 2. The maximum atomic E-state index is 2.19. The molecular formula is C10H16S2. The third-order valence-electron chi connectivity index (χ3n) is 3.59. The van der Waals surface area contributed by atoms with Crippen molar-refractivity contribution >= 4 is 23.5 Å². The van der Waals surface area contributed by atoms with Gasteiger partial charge in [0.2, 0.25) is 0 Å². The molecule has 0 radical (unpaired) electrons. The van der Waals surface area contributed by atoms with E-state index < -0.39 is 0 Å². The van der Waals surface area contributed by atoms with Crippen molar-refractivity contribution in [1.82, 2.24) is 0 Å². The zero-order valence-corrected chi connectivity index (χ0v) is 9.00. The van der Waals surface area contributed by atoms with Crippen LogP contribution in [-0.2, 0) is 0 Å². The largest absolute Gasteiger partial charge is 0.156 e. The summed E-state index contributed by atoms with van der Waals surface area (Å²) < 4.78 is 0. The molecule has 68 valence electrons. The fourth-order valence-electron chi connectivity index (χ4n) is 2.54. The predicted octanol–water partition coefficient (Wildman–Crippen LogP) is 3.02. The van der Waals surface area contributed by atoms with Gasteiger partial charge in [0.05, 0.1) is 0 Å². The molecule has 1 saturated carbocycles. The molecule has 0 aromatic heterocycles. The van der Waals surface area contributed by atoms with Crippen LogP contribution in [0.5, 0.6) is 0 Å². The Morgan fingerprint density at radius 2 is 1.00 bits per heavy atom. The maximum Gasteiger partial charge on any atom is 0.0166 e. The Balaban J connectivity index is 1.51. The minimum atomic E-state index is 1.10. The summed E-state index contributed by atoms with van der Waals surface area (Å²) in [6.07, 6.45) is 6.22. The molecule has 2 unspecified atom stereocenters. The van der Waals surface area contributed by atoms with Gasteiger partial charge in [0.15, 0.2) is 0 Å². The van der Waals surface area contributed by atoms with Crippen molar-refractivity contribution in [3.63, 3.8) is 0 Å². The number of rotatable bonds is 2. The normalized spacial score (nSPS) is 52.0. The van der Waals surface area contributed by atoms with E-state index in [1.54, 1.807) is 25.7 Å². The van der Waals surface area contributed by atoms with Crippen molar-refractivity contribution in [1.29, 1.82) is 0 Å². The second-order valence-electron chi connectivity index (χ2n) is 4.42. The molecule has 0 spiro atoms. The van der Waals surface area contributed by atoms with Gasteiger partial charge in [-0.05, 0) is 37.5 Å². The van der Waals surface area contributed by atoms with Crippen molar-refractivity contribution in [2.24, 2.45) is 11.8 Å². The van der Waals surface area contributed by atoms with Gasteiger partial charge in [-0.25, -0.2) is 0 Å². The first kappa shape index (κ1) is 8.05. The monoisotopic (exact) mass is 200 g/mol. The van der Waals surface area contributed by atoms with Crippen LogP contribution >= 0.6 is 23.5 Å². The average Bonchev–Trinajstić information content (AvgIpc) is 2.98. The van der Waals surface area contributed by atoms with Crippen molar-refractivity contribution in [3.05, 3.63) is 0 Å². The van der Waals surface area contributed by atoms with Crippen molar-refractivity contribution in [2.45, 2.75) is 36.2 Å². The summed E-state index contributed by atoms with van der Waals surface area (Å²) in [6.45, 7) is 0.